The highest BCUT2D eigenvalue weighted by molar-refractivity contribution is 9.10. The second-order valence-electron chi connectivity index (χ2n) is 3.95. The summed E-state index contributed by atoms with van der Waals surface area (Å²) in [7, 11) is 0. The fourth-order valence-corrected chi connectivity index (χ4v) is 1.78. The van der Waals surface area contributed by atoms with Gasteiger partial charge in [-0.3, -0.25) is 4.79 Å². The Kier molecular flexibility index (Phi) is 6.23. The number of nitriles is 1. The van der Waals surface area contributed by atoms with Crippen LogP contribution in [0.5, 0.6) is 0 Å². The number of carbonyl (C=O) groups is 1. The Bertz CT molecular complexity index is 535. The lowest BCUT2D eigenvalue weighted by molar-refractivity contribution is -0.117. The minimum atomic E-state index is -0.477. The smallest absolute Gasteiger partial charge is 0.261 e. The number of hydrogen-bond acceptors (Lipinski definition) is 2. The highest BCUT2D eigenvalue weighted by Crippen LogP contribution is 2.18. The van der Waals surface area contributed by atoms with Crippen molar-refractivity contribution in [3.63, 3.8) is 0 Å². The van der Waals surface area contributed by atoms with Crippen molar-refractivity contribution in [1.82, 2.24) is 5.32 Å². The molecular weight excluding hydrogens is 311 g/mol. The number of halogens is 2. The van der Waals surface area contributed by atoms with Crippen molar-refractivity contribution < 1.29 is 9.18 Å². The summed E-state index contributed by atoms with van der Waals surface area (Å²) in [5.74, 6) is -0.951. The zero-order chi connectivity index (χ0) is 14.3. The van der Waals surface area contributed by atoms with Gasteiger partial charge in [0.1, 0.15) is 17.5 Å². The topological polar surface area (TPSA) is 52.9 Å². The lowest BCUT2D eigenvalue weighted by atomic mass is 10.1. The number of hydrogen-bond donors (Lipinski definition) is 1. The summed E-state index contributed by atoms with van der Waals surface area (Å²) in [5.41, 5.74) is 0.102. The summed E-state index contributed by atoms with van der Waals surface area (Å²) in [4.78, 5) is 11.7. The van der Waals surface area contributed by atoms with Gasteiger partial charge in [-0.05, 0) is 30.7 Å². The minimum Gasteiger partial charge on any atom is -0.351 e. The van der Waals surface area contributed by atoms with Gasteiger partial charge in [0.25, 0.3) is 5.91 Å². The van der Waals surface area contributed by atoms with Crippen LogP contribution < -0.4 is 5.32 Å². The molecule has 0 spiro atoms. The van der Waals surface area contributed by atoms with Gasteiger partial charge >= 0.3 is 0 Å². The predicted molar refractivity (Wildman–Crippen MR) is 75.6 cm³/mol. The van der Waals surface area contributed by atoms with Crippen LogP contribution in [0.2, 0.25) is 0 Å². The van der Waals surface area contributed by atoms with Crippen LogP contribution in [0.15, 0.2) is 28.2 Å². The fraction of sp³-hybridized carbons (Fsp3) is 0.286. The molecule has 5 heteroatoms. The second-order valence-corrected chi connectivity index (χ2v) is 4.86. The molecule has 0 radical (unpaired) electrons. The zero-order valence-electron chi connectivity index (χ0n) is 10.5. The van der Waals surface area contributed by atoms with Gasteiger partial charge in [0.2, 0.25) is 0 Å². The van der Waals surface area contributed by atoms with E-state index in [1.807, 2.05) is 6.92 Å². The molecule has 0 atom stereocenters. The lowest BCUT2D eigenvalue weighted by Gasteiger charge is -2.03. The van der Waals surface area contributed by atoms with E-state index < -0.39 is 11.7 Å². The monoisotopic (exact) mass is 324 g/mol. The van der Waals surface area contributed by atoms with Crippen LogP contribution in [0.3, 0.4) is 0 Å². The molecule has 0 saturated carbocycles. The number of rotatable bonds is 5. The molecule has 1 aromatic carbocycles. The first kappa shape index (κ1) is 15.4. The van der Waals surface area contributed by atoms with Crippen molar-refractivity contribution in [2.45, 2.75) is 19.8 Å². The summed E-state index contributed by atoms with van der Waals surface area (Å²) in [5, 5.41) is 11.6. The normalized spacial score (nSPS) is 10.9. The van der Waals surface area contributed by atoms with Crippen molar-refractivity contribution in [3.05, 3.63) is 39.6 Å². The van der Waals surface area contributed by atoms with Crippen molar-refractivity contribution in [2.75, 3.05) is 6.54 Å². The molecule has 0 aromatic heterocycles. The fourth-order valence-electron chi connectivity index (χ4n) is 1.40. The number of nitrogens with one attached hydrogen (secondary N) is 1. The van der Waals surface area contributed by atoms with Gasteiger partial charge in [0, 0.05) is 16.6 Å². The third-order valence-electron chi connectivity index (χ3n) is 2.44. The predicted octanol–water partition coefficient (Wildman–Crippen LogP) is 3.41. The van der Waals surface area contributed by atoms with Crippen LogP contribution in [0, 0.1) is 17.1 Å². The Morgan fingerprint density at radius 1 is 1.58 bits per heavy atom. The van der Waals surface area contributed by atoms with Crippen LogP contribution in [-0.2, 0) is 4.79 Å². The third kappa shape index (κ3) is 4.84. The number of unbranched alkanes of at least 4 members (excludes halogenated alkanes) is 1. The molecule has 1 aromatic rings. The number of carbonyl (C=O) groups excluding carboxylic acids is 1. The average molecular weight is 325 g/mol. The van der Waals surface area contributed by atoms with E-state index >= 15 is 0 Å². The molecule has 1 N–H and O–H groups in total. The van der Waals surface area contributed by atoms with E-state index in [0.717, 1.165) is 12.8 Å². The second kappa shape index (κ2) is 7.70. The molecule has 0 bridgehead atoms. The molecule has 100 valence electrons. The Labute approximate surface area is 120 Å². The van der Waals surface area contributed by atoms with E-state index in [9.17, 15) is 9.18 Å². The lowest BCUT2D eigenvalue weighted by Crippen LogP contribution is -2.25. The van der Waals surface area contributed by atoms with Crippen molar-refractivity contribution in [3.8, 4) is 6.07 Å². The number of nitrogens with zero attached hydrogens (tertiary/aromatic N) is 1. The maximum Gasteiger partial charge on any atom is 0.261 e. The molecule has 0 saturated heterocycles. The Morgan fingerprint density at radius 3 is 2.95 bits per heavy atom. The standard InChI is InChI=1S/C14H14BrFN2O/c1-2-3-6-18-14(19)11(9-17)7-10-8-12(15)4-5-13(10)16/h4-5,7-8H,2-3,6H2,1H3,(H,18,19). The largest absolute Gasteiger partial charge is 0.351 e. The van der Waals surface area contributed by atoms with Crippen LogP contribution >= 0.6 is 15.9 Å². The van der Waals surface area contributed by atoms with Crippen LogP contribution in [0.25, 0.3) is 6.08 Å². The highest BCUT2D eigenvalue weighted by Gasteiger charge is 2.10. The molecular formula is C14H14BrFN2O. The van der Waals surface area contributed by atoms with Crippen molar-refractivity contribution in [2.24, 2.45) is 0 Å². The van der Waals surface area contributed by atoms with Crippen LogP contribution in [-0.4, -0.2) is 12.5 Å². The van der Waals surface area contributed by atoms with Gasteiger partial charge < -0.3 is 5.32 Å². The van der Waals surface area contributed by atoms with E-state index in [4.69, 9.17) is 5.26 Å². The van der Waals surface area contributed by atoms with E-state index in [2.05, 4.69) is 21.2 Å². The van der Waals surface area contributed by atoms with E-state index in [0.29, 0.717) is 11.0 Å². The van der Waals surface area contributed by atoms with Crippen molar-refractivity contribution in [1.29, 1.82) is 5.26 Å². The number of benzene rings is 1. The summed E-state index contributed by atoms with van der Waals surface area (Å²) in [6.07, 6.45) is 3.04. The maximum atomic E-state index is 13.5. The van der Waals surface area contributed by atoms with Crippen LogP contribution in [0.4, 0.5) is 4.39 Å². The van der Waals surface area contributed by atoms with Gasteiger partial charge in [-0.25, -0.2) is 4.39 Å². The first-order valence-corrected chi connectivity index (χ1v) is 6.72. The summed E-state index contributed by atoms with van der Waals surface area (Å²) in [6, 6.07) is 6.14. The summed E-state index contributed by atoms with van der Waals surface area (Å²) >= 11 is 3.22. The minimum absolute atomic E-state index is 0.104. The van der Waals surface area contributed by atoms with Crippen LogP contribution in [0.1, 0.15) is 25.3 Å². The Morgan fingerprint density at radius 2 is 2.32 bits per heavy atom. The van der Waals surface area contributed by atoms with E-state index in [1.165, 1.54) is 18.2 Å². The Balaban J connectivity index is 2.90. The number of amides is 1. The zero-order valence-corrected chi connectivity index (χ0v) is 12.1. The van der Waals surface area contributed by atoms with Gasteiger partial charge in [-0.2, -0.15) is 5.26 Å². The first-order chi connectivity index (χ1) is 9.08. The molecule has 19 heavy (non-hydrogen) atoms. The van der Waals surface area contributed by atoms with Gasteiger partial charge in [0.05, 0.1) is 0 Å². The molecule has 1 amide bonds. The molecule has 0 heterocycles. The molecule has 3 nitrogen and oxygen atoms in total. The average Bonchev–Trinajstić information content (AvgIpc) is 2.39. The summed E-state index contributed by atoms with van der Waals surface area (Å²) < 4.78 is 14.2. The summed E-state index contributed by atoms with van der Waals surface area (Å²) in [6.45, 7) is 2.51. The molecule has 0 fully saturated rings. The quantitative estimate of drug-likeness (QED) is 0.512. The molecule has 0 aliphatic carbocycles. The SMILES string of the molecule is CCCCNC(=O)C(C#N)=Cc1cc(Br)ccc1F. The van der Waals surface area contributed by atoms with Gasteiger partial charge in [-0.1, -0.05) is 29.3 Å². The van der Waals surface area contributed by atoms with E-state index in [1.54, 1.807) is 12.1 Å². The van der Waals surface area contributed by atoms with Crippen molar-refractivity contribution >= 4 is 27.9 Å². The first-order valence-electron chi connectivity index (χ1n) is 5.93. The van der Waals surface area contributed by atoms with E-state index in [-0.39, 0.29) is 11.1 Å². The molecule has 0 aliphatic rings. The Hall–Kier alpha value is -1.67. The maximum absolute atomic E-state index is 13.5. The molecule has 0 aliphatic heterocycles. The molecule has 0 unspecified atom stereocenters. The van der Waals surface area contributed by atoms with Gasteiger partial charge in [-0.15, -0.1) is 0 Å². The highest BCUT2D eigenvalue weighted by atomic mass is 79.9. The van der Waals surface area contributed by atoms with Gasteiger partial charge in [0.15, 0.2) is 0 Å². The third-order valence-corrected chi connectivity index (χ3v) is 2.93. The molecule has 1 rings (SSSR count).